The number of benzene rings is 1. The van der Waals surface area contributed by atoms with Crippen molar-refractivity contribution in [1.82, 2.24) is 4.90 Å². The maximum atomic E-state index is 12.8. The number of carbonyl (C=O) groups is 2. The molecule has 1 atom stereocenters. The van der Waals surface area contributed by atoms with Crippen LogP contribution < -0.4 is 11.1 Å². The quantitative estimate of drug-likeness (QED) is 0.830. The van der Waals surface area contributed by atoms with Crippen LogP contribution in [0.25, 0.3) is 0 Å². The van der Waals surface area contributed by atoms with E-state index in [9.17, 15) is 9.59 Å². The van der Waals surface area contributed by atoms with Gasteiger partial charge in [0.15, 0.2) is 0 Å². The Kier molecular flexibility index (Phi) is 7.05. The molecule has 2 aromatic rings. The molecule has 0 saturated carbocycles. The highest BCUT2D eigenvalue weighted by Gasteiger charge is 2.24. The summed E-state index contributed by atoms with van der Waals surface area (Å²) in [5.41, 5.74) is 8.09. The minimum absolute atomic E-state index is 0. The molecule has 27 heavy (non-hydrogen) atoms. The van der Waals surface area contributed by atoms with Gasteiger partial charge in [0.05, 0.1) is 12.1 Å². The first-order valence-corrected chi connectivity index (χ1v) is 9.00. The van der Waals surface area contributed by atoms with E-state index in [-0.39, 0.29) is 36.8 Å². The van der Waals surface area contributed by atoms with Gasteiger partial charge in [-0.05, 0) is 62.9 Å². The van der Waals surface area contributed by atoms with Crippen molar-refractivity contribution < 1.29 is 14.0 Å². The number of likely N-dealkylation sites (tertiary alicyclic amines) is 1. The van der Waals surface area contributed by atoms with Gasteiger partial charge in [0, 0.05) is 23.8 Å². The van der Waals surface area contributed by atoms with Crippen molar-refractivity contribution in [2.75, 3.05) is 11.9 Å². The first-order valence-electron chi connectivity index (χ1n) is 9.00. The van der Waals surface area contributed by atoms with E-state index in [0.717, 1.165) is 24.9 Å². The number of aryl methyl sites for hydroxylation is 1. The third-order valence-electron chi connectivity index (χ3n) is 4.90. The average Bonchev–Trinajstić information content (AvgIpc) is 3.12. The number of piperidine rings is 1. The molecule has 1 aromatic carbocycles. The van der Waals surface area contributed by atoms with E-state index in [1.807, 2.05) is 17.9 Å². The lowest BCUT2D eigenvalue weighted by molar-refractivity contribution is 0.0635. The van der Waals surface area contributed by atoms with Crippen LogP contribution in [0, 0.1) is 6.92 Å². The van der Waals surface area contributed by atoms with Gasteiger partial charge in [-0.1, -0.05) is 0 Å². The number of rotatable bonds is 4. The number of nitrogens with two attached hydrogens (primary N) is 1. The largest absolute Gasteiger partial charge is 0.467 e. The number of hydrogen-bond donors (Lipinski definition) is 2. The Morgan fingerprint density at radius 1 is 1.26 bits per heavy atom. The lowest BCUT2D eigenvalue weighted by Gasteiger charge is -2.33. The number of nitrogens with zero attached hydrogens (tertiary/aromatic N) is 1. The van der Waals surface area contributed by atoms with E-state index in [1.165, 1.54) is 12.7 Å². The summed E-state index contributed by atoms with van der Waals surface area (Å²) in [6.45, 7) is 5.03. The van der Waals surface area contributed by atoms with E-state index in [0.29, 0.717) is 22.6 Å². The zero-order chi connectivity index (χ0) is 18.7. The minimum atomic E-state index is -0.264. The van der Waals surface area contributed by atoms with Gasteiger partial charge in [-0.25, -0.2) is 0 Å². The second-order valence-electron chi connectivity index (χ2n) is 6.83. The SMILES string of the molecule is Cc1cc(C(=O)N2CCCCC2C)ccc1NC(=O)c1coc(CN)c1.Cl. The van der Waals surface area contributed by atoms with Crippen LogP contribution in [0.1, 0.15) is 58.2 Å². The summed E-state index contributed by atoms with van der Waals surface area (Å²) in [4.78, 5) is 27.0. The summed E-state index contributed by atoms with van der Waals surface area (Å²) >= 11 is 0. The molecule has 3 rings (SSSR count). The highest BCUT2D eigenvalue weighted by molar-refractivity contribution is 6.05. The van der Waals surface area contributed by atoms with Crippen LogP contribution in [0.15, 0.2) is 34.9 Å². The van der Waals surface area contributed by atoms with E-state index < -0.39 is 0 Å². The van der Waals surface area contributed by atoms with Crippen molar-refractivity contribution in [1.29, 1.82) is 0 Å². The summed E-state index contributed by atoms with van der Waals surface area (Å²) in [6.07, 6.45) is 4.67. The lowest BCUT2D eigenvalue weighted by atomic mass is 10.0. The first-order chi connectivity index (χ1) is 12.5. The van der Waals surface area contributed by atoms with Gasteiger partial charge in [0.2, 0.25) is 0 Å². The minimum Gasteiger partial charge on any atom is -0.467 e. The molecule has 1 fully saturated rings. The van der Waals surface area contributed by atoms with Crippen LogP contribution in [-0.4, -0.2) is 29.3 Å². The number of anilines is 1. The van der Waals surface area contributed by atoms with E-state index in [1.54, 1.807) is 18.2 Å². The molecule has 0 spiro atoms. The maximum Gasteiger partial charge on any atom is 0.258 e. The van der Waals surface area contributed by atoms with Gasteiger partial charge in [0.25, 0.3) is 11.8 Å². The Labute approximate surface area is 165 Å². The van der Waals surface area contributed by atoms with E-state index in [4.69, 9.17) is 10.2 Å². The zero-order valence-electron chi connectivity index (χ0n) is 15.7. The summed E-state index contributed by atoms with van der Waals surface area (Å²) in [5.74, 6) is 0.351. The van der Waals surface area contributed by atoms with E-state index >= 15 is 0 Å². The van der Waals surface area contributed by atoms with Crippen molar-refractivity contribution in [3.63, 3.8) is 0 Å². The second-order valence-corrected chi connectivity index (χ2v) is 6.83. The molecule has 1 aromatic heterocycles. The fourth-order valence-electron chi connectivity index (χ4n) is 3.30. The van der Waals surface area contributed by atoms with Crippen LogP contribution in [0.2, 0.25) is 0 Å². The molecule has 146 valence electrons. The summed E-state index contributed by atoms with van der Waals surface area (Å²) in [6, 6.07) is 7.28. The zero-order valence-corrected chi connectivity index (χ0v) is 16.5. The highest BCUT2D eigenvalue weighted by Crippen LogP contribution is 2.23. The lowest BCUT2D eigenvalue weighted by Crippen LogP contribution is -2.42. The number of nitrogens with one attached hydrogen (secondary N) is 1. The predicted molar refractivity (Wildman–Crippen MR) is 107 cm³/mol. The molecule has 1 aliphatic rings. The van der Waals surface area contributed by atoms with Crippen LogP contribution in [0.3, 0.4) is 0 Å². The van der Waals surface area contributed by atoms with Crippen LogP contribution in [0.4, 0.5) is 5.69 Å². The van der Waals surface area contributed by atoms with Crippen LogP contribution >= 0.6 is 12.4 Å². The second kappa shape index (κ2) is 9.06. The van der Waals surface area contributed by atoms with Crippen molar-refractivity contribution in [2.45, 2.75) is 45.7 Å². The topological polar surface area (TPSA) is 88.6 Å². The van der Waals surface area contributed by atoms with Crippen LogP contribution in [0.5, 0.6) is 0 Å². The van der Waals surface area contributed by atoms with Crippen molar-refractivity contribution >= 4 is 29.9 Å². The Hall–Kier alpha value is -2.31. The summed E-state index contributed by atoms with van der Waals surface area (Å²) < 4.78 is 5.19. The number of hydrogen-bond acceptors (Lipinski definition) is 4. The number of amides is 2. The molecule has 0 radical (unpaired) electrons. The molecular formula is C20H26ClN3O3. The molecule has 6 nitrogen and oxygen atoms in total. The van der Waals surface area contributed by atoms with Gasteiger partial charge >= 0.3 is 0 Å². The number of halogens is 1. The molecule has 2 heterocycles. The molecule has 1 aliphatic heterocycles. The van der Waals surface area contributed by atoms with Gasteiger partial charge in [0.1, 0.15) is 12.0 Å². The van der Waals surface area contributed by atoms with Gasteiger partial charge in [-0.3, -0.25) is 9.59 Å². The maximum absolute atomic E-state index is 12.8. The normalized spacial score (nSPS) is 16.6. The molecular weight excluding hydrogens is 366 g/mol. The molecule has 3 N–H and O–H groups in total. The molecule has 7 heteroatoms. The number of carbonyl (C=O) groups excluding carboxylic acids is 2. The first kappa shape index (κ1) is 21.0. The summed E-state index contributed by atoms with van der Waals surface area (Å²) in [5, 5.41) is 2.85. The molecule has 0 bridgehead atoms. The molecule has 1 unspecified atom stereocenters. The van der Waals surface area contributed by atoms with Crippen molar-refractivity contribution in [3.8, 4) is 0 Å². The Morgan fingerprint density at radius 3 is 2.67 bits per heavy atom. The molecule has 2 amide bonds. The fraction of sp³-hybridized carbons (Fsp3) is 0.400. The third-order valence-corrected chi connectivity index (χ3v) is 4.90. The highest BCUT2D eigenvalue weighted by atomic mass is 35.5. The summed E-state index contributed by atoms with van der Waals surface area (Å²) in [7, 11) is 0. The Morgan fingerprint density at radius 2 is 2.04 bits per heavy atom. The van der Waals surface area contributed by atoms with Crippen molar-refractivity contribution in [2.24, 2.45) is 5.73 Å². The Balaban J connectivity index is 0.00000261. The molecule has 1 saturated heterocycles. The third kappa shape index (κ3) is 4.70. The average molecular weight is 392 g/mol. The van der Waals surface area contributed by atoms with E-state index in [2.05, 4.69) is 12.2 Å². The monoisotopic (exact) mass is 391 g/mol. The predicted octanol–water partition coefficient (Wildman–Crippen LogP) is 3.74. The number of furan rings is 1. The molecule has 0 aliphatic carbocycles. The van der Waals surface area contributed by atoms with Crippen molar-refractivity contribution in [3.05, 3.63) is 53.0 Å². The van der Waals surface area contributed by atoms with Crippen LogP contribution in [-0.2, 0) is 6.54 Å². The fourth-order valence-corrected chi connectivity index (χ4v) is 3.30. The van der Waals surface area contributed by atoms with Gasteiger partial charge in [-0.15, -0.1) is 12.4 Å². The van der Waals surface area contributed by atoms with Gasteiger partial charge in [-0.2, -0.15) is 0 Å². The standard InChI is InChI=1S/C20H25N3O3.ClH/c1-13-9-15(20(25)23-8-4-3-5-14(23)2)6-7-18(13)22-19(24)16-10-17(11-21)26-12-16;/h6-7,9-10,12,14H,3-5,8,11,21H2,1-2H3,(H,22,24);1H. The smallest absolute Gasteiger partial charge is 0.258 e. The Bertz CT molecular complexity index is 819. The van der Waals surface area contributed by atoms with Gasteiger partial charge < -0.3 is 20.4 Å².